The van der Waals surface area contributed by atoms with E-state index >= 15 is 0 Å². The Morgan fingerprint density at radius 2 is 1.75 bits per heavy atom. The molecule has 0 aliphatic carbocycles. The predicted octanol–water partition coefficient (Wildman–Crippen LogP) is 4.03. The van der Waals surface area contributed by atoms with E-state index in [0.29, 0.717) is 0 Å². The van der Waals surface area contributed by atoms with Gasteiger partial charge in [-0.1, -0.05) is 49.1 Å². The van der Waals surface area contributed by atoms with Crippen molar-refractivity contribution in [3.8, 4) is 0 Å². The highest BCUT2D eigenvalue weighted by Gasteiger charge is 2.03. The number of rotatable bonds is 1. The Morgan fingerprint density at radius 1 is 0.938 bits per heavy atom. The zero-order chi connectivity index (χ0) is 11.0. The third-order valence-electron chi connectivity index (χ3n) is 2.87. The van der Waals surface area contributed by atoms with E-state index in [1.807, 2.05) is 24.4 Å². The van der Waals surface area contributed by atoms with Crippen molar-refractivity contribution >= 4 is 27.8 Å². The van der Waals surface area contributed by atoms with E-state index in [0.717, 1.165) is 11.1 Å². The molecule has 3 rings (SSSR count). The van der Waals surface area contributed by atoms with Gasteiger partial charge in [0.2, 0.25) is 0 Å². The maximum Gasteiger partial charge on any atom is 0.0786 e. The van der Waals surface area contributed by atoms with Crippen LogP contribution in [0.2, 0.25) is 0 Å². The van der Waals surface area contributed by atoms with Crippen LogP contribution in [-0.4, -0.2) is 4.98 Å². The number of pyridine rings is 1. The molecule has 0 unspecified atom stereocenters. The molecule has 0 atom stereocenters. The van der Waals surface area contributed by atoms with Gasteiger partial charge in [0.15, 0.2) is 0 Å². The van der Waals surface area contributed by atoms with Crippen LogP contribution in [0, 0.1) is 0 Å². The maximum atomic E-state index is 4.47. The number of aromatic nitrogens is 1. The van der Waals surface area contributed by atoms with Gasteiger partial charge in [0.25, 0.3) is 0 Å². The Labute approximate surface area is 94.1 Å². The quantitative estimate of drug-likeness (QED) is 0.546. The molecule has 0 aliphatic heterocycles. The molecule has 76 valence electrons. The molecule has 3 aromatic rings. The molecular weight excluding hydrogens is 194 g/mol. The lowest BCUT2D eigenvalue weighted by atomic mass is 10.0. The molecular formula is C15H11N. The summed E-state index contributed by atoms with van der Waals surface area (Å²) >= 11 is 0. The molecule has 0 bridgehead atoms. The van der Waals surface area contributed by atoms with Crippen LogP contribution in [0.15, 0.2) is 55.2 Å². The average Bonchev–Trinajstić information content (AvgIpc) is 2.37. The summed E-state index contributed by atoms with van der Waals surface area (Å²) in [5.41, 5.74) is 2.19. The van der Waals surface area contributed by atoms with Gasteiger partial charge in [0.05, 0.1) is 5.52 Å². The first-order chi connectivity index (χ1) is 7.90. The summed E-state index contributed by atoms with van der Waals surface area (Å²) in [6.45, 7) is 3.86. The second-order valence-corrected chi connectivity index (χ2v) is 3.79. The van der Waals surface area contributed by atoms with Crippen molar-refractivity contribution in [2.24, 2.45) is 0 Å². The van der Waals surface area contributed by atoms with Crippen molar-refractivity contribution in [2.75, 3.05) is 0 Å². The highest BCUT2D eigenvalue weighted by atomic mass is 14.6. The largest absolute Gasteiger partial charge is 0.256 e. The molecule has 1 aromatic heterocycles. The summed E-state index contributed by atoms with van der Waals surface area (Å²) in [4.78, 5) is 4.47. The third kappa shape index (κ3) is 1.22. The highest BCUT2D eigenvalue weighted by molar-refractivity contribution is 6.08. The van der Waals surface area contributed by atoms with Gasteiger partial charge in [0, 0.05) is 17.0 Å². The Morgan fingerprint density at radius 3 is 2.62 bits per heavy atom. The van der Waals surface area contributed by atoms with Gasteiger partial charge in [-0.2, -0.15) is 0 Å². The SMILES string of the molecule is C=Cc1cccc2ccc3cccnc3c12. The molecule has 0 radical (unpaired) electrons. The van der Waals surface area contributed by atoms with Gasteiger partial charge in [-0.15, -0.1) is 0 Å². The lowest BCUT2D eigenvalue weighted by molar-refractivity contribution is 1.43. The molecule has 0 spiro atoms. The third-order valence-corrected chi connectivity index (χ3v) is 2.87. The van der Waals surface area contributed by atoms with Crippen LogP contribution in [0.1, 0.15) is 5.56 Å². The van der Waals surface area contributed by atoms with Crippen LogP contribution >= 0.6 is 0 Å². The normalized spacial score (nSPS) is 10.8. The average molecular weight is 205 g/mol. The number of benzene rings is 2. The first-order valence-electron chi connectivity index (χ1n) is 5.29. The van der Waals surface area contributed by atoms with E-state index in [9.17, 15) is 0 Å². The Hall–Kier alpha value is -2.15. The lowest BCUT2D eigenvalue weighted by Gasteiger charge is -2.05. The van der Waals surface area contributed by atoms with Gasteiger partial charge >= 0.3 is 0 Å². The van der Waals surface area contributed by atoms with Crippen LogP contribution in [0.3, 0.4) is 0 Å². The van der Waals surface area contributed by atoms with E-state index < -0.39 is 0 Å². The summed E-state index contributed by atoms with van der Waals surface area (Å²) in [5.74, 6) is 0. The van der Waals surface area contributed by atoms with E-state index in [-0.39, 0.29) is 0 Å². The number of nitrogens with zero attached hydrogens (tertiary/aromatic N) is 1. The van der Waals surface area contributed by atoms with Crippen molar-refractivity contribution in [3.63, 3.8) is 0 Å². The summed E-state index contributed by atoms with van der Waals surface area (Å²) in [7, 11) is 0. The molecule has 0 amide bonds. The van der Waals surface area contributed by atoms with Crippen molar-refractivity contribution in [3.05, 3.63) is 60.8 Å². The number of fused-ring (bicyclic) bond motifs is 3. The van der Waals surface area contributed by atoms with E-state index in [1.54, 1.807) is 0 Å². The summed E-state index contributed by atoms with van der Waals surface area (Å²) in [5, 5.41) is 3.57. The lowest BCUT2D eigenvalue weighted by Crippen LogP contribution is -1.84. The fraction of sp³-hybridized carbons (Fsp3) is 0. The van der Waals surface area contributed by atoms with E-state index in [4.69, 9.17) is 0 Å². The van der Waals surface area contributed by atoms with Gasteiger partial charge in [0.1, 0.15) is 0 Å². The zero-order valence-electron chi connectivity index (χ0n) is 8.85. The number of hydrogen-bond acceptors (Lipinski definition) is 1. The Bertz CT molecular complexity index is 683. The fourth-order valence-corrected chi connectivity index (χ4v) is 2.11. The fourth-order valence-electron chi connectivity index (χ4n) is 2.11. The standard InChI is InChI=1S/C15H11N/c1-2-11-5-3-6-12-8-9-13-7-4-10-16-15(13)14(11)12/h2-10H,1H2. The molecule has 0 saturated carbocycles. The zero-order valence-corrected chi connectivity index (χ0v) is 8.85. The Balaban J connectivity index is 2.62. The smallest absolute Gasteiger partial charge is 0.0786 e. The van der Waals surface area contributed by atoms with Crippen LogP contribution in [0.4, 0.5) is 0 Å². The van der Waals surface area contributed by atoms with Gasteiger partial charge in [-0.3, -0.25) is 4.98 Å². The first kappa shape index (κ1) is 9.10. The highest BCUT2D eigenvalue weighted by Crippen LogP contribution is 2.27. The minimum atomic E-state index is 1.05. The molecule has 16 heavy (non-hydrogen) atoms. The molecule has 1 nitrogen and oxygen atoms in total. The van der Waals surface area contributed by atoms with Crippen LogP contribution in [0.25, 0.3) is 27.8 Å². The molecule has 0 aliphatic rings. The van der Waals surface area contributed by atoms with E-state index in [1.165, 1.54) is 16.2 Å². The minimum Gasteiger partial charge on any atom is -0.256 e. The van der Waals surface area contributed by atoms with Crippen LogP contribution in [-0.2, 0) is 0 Å². The van der Waals surface area contributed by atoms with Crippen molar-refractivity contribution in [1.29, 1.82) is 0 Å². The molecule has 0 saturated heterocycles. The molecule has 1 heteroatoms. The second-order valence-electron chi connectivity index (χ2n) is 3.79. The van der Waals surface area contributed by atoms with Gasteiger partial charge in [-0.05, 0) is 17.0 Å². The van der Waals surface area contributed by atoms with E-state index in [2.05, 4.69) is 41.9 Å². The molecule has 1 heterocycles. The van der Waals surface area contributed by atoms with Crippen molar-refractivity contribution < 1.29 is 0 Å². The maximum absolute atomic E-state index is 4.47. The number of hydrogen-bond donors (Lipinski definition) is 0. The molecule has 0 fully saturated rings. The topological polar surface area (TPSA) is 12.9 Å². The Kier molecular flexibility index (Phi) is 1.97. The monoisotopic (exact) mass is 205 g/mol. The second kappa shape index (κ2) is 3.46. The summed E-state index contributed by atoms with van der Waals surface area (Å²) in [6, 6.07) is 14.5. The van der Waals surface area contributed by atoms with Crippen LogP contribution < -0.4 is 0 Å². The molecule has 2 aromatic carbocycles. The summed E-state index contributed by atoms with van der Waals surface area (Å²) in [6.07, 6.45) is 3.72. The van der Waals surface area contributed by atoms with Crippen molar-refractivity contribution in [1.82, 2.24) is 4.98 Å². The summed E-state index contributed by atoms with van der Waals surface area (Å²) < 4.78 is 0. The predicted molar refractivity (Wildman–Crippen MR) is 69.3 cm³/mol. The van der Waals surface area contributed by atoms with Gasteiger partial charge in [-0.25, -0.2) is 0 Å². The molecule has 0 N–H and O–H groups in total. The van der Waals surface area contributed by atoms with Gasteiger partial charge < -0.3 is 0 Å². The van der Waals surface area contributed by atoms with Crippen molar-refractivity contribution in [2.45, 2.75) is 0 Å². The minimum absolute atomic E-state index is 1.05. The van der Waals surface area contributed by atoms with Crippen LogP contribution in [0.5, 0.6) is 0 Å². The first-order valence-corrected chi connectivity index (χ1v) is 5.29.